The van der Waals surface area contributed by atoms with E-state index in [0.717, 1.165) is 21.3 Å². The molecule has 272 valence electrons. The summed E-state index contributed by atoms with van der Waals surface area (Å²) in [5, 5.41) is 0. The van der Waals surface area contributed by atoms with E-state index in [1.807, 2.05) is 0 Å². The van der Waals surface area contributed by atoms with Crippen molar-refractivity contribution in [2.45, 2.75) is 46.6 Å². The molecular formula is C29H26F12O7Zr. The molecule has 7 nitrogen and oxygen atoms in total. The molecule has 20 heteroatoms. The molecule has 0 N–H and O–H groups in total. The van der Waals surface area contributed by atoms with Gasteiger partial charge >= 0.3 is 278 Å². The minimum absolute atomic E-state index is 0.586. The maximum absolute atomic E-state index is 14.9. The maximum atomic E-state index is 14.9. The van der Waals surface area contributed by atoms with Gasteiger partial charge in [0.2, 0.25) is 0 Å². The van der Waals surface area contributed by atoms with Gasteiger partial charge in [-0.2, -0.15) is 0 Å². The summed E-state index contributed by atoms with van der Waals surface area (Å²) in [6, 6.07) is 0. The molecule has 0 spiro atoms. The van der Waals surface area contributed by atoms with Crippen molar-refractivity contribution >= 4 is 0 Å². The molecule has 0 atom stereocenters. The summed E-state index contributed by atoms with van der Waals surface area (Å²) in [4.78, 5) is 0. The molecule has 0 fully saturated rings. The van der Waals surface area contributed by atoms with Gasteiger partial charge in [-0.15, -0.1) is 0 Å². The van der Waals surface area contributed by atoms with Crippen LogP contribution in [-0.2, 0) is 87.1 Å². The average molecular weight is 806 g/mol. The van der Waals surface area contributed by atoms with Crippen molar-refractivity contribution in [2.24, 2.45) is 0 Å². The van der Waals surface area contributed by atoms with Crippen LogP contribution >= 0.6 is 0 Å². The fraction of sp³-hybridized carbons (Fsp3) is 0.379. The summed E-state index contributed by atoms with van der Waals surface area (Å²) in [6.07, 6.45) is 0. The molecule has 0 aliphatic rings. The molecule has 0 saturated heterocycles. The van der Waals surface area contributed by atoms with Crippen molar-refractivity contribution in [2.75, 3.05) is 27.9 Å². The van der Waals surface area contributed by atoms with Crippen molar-refractivity contribution in [3.8, 4) is 0 Å². The van der Waals surface area contributed by atoms with Gasteiger partial charge in [0, 0.05) is 0 Å². The molecule has 3 aromatic carbocycles. The van der Waals surface area contributed by atoms with Gasteiger partial charge in [0.25, 0.3) is 0 Å². The van der Waals surface area contributed by atoms with Crippen LogP contribution in [-0.4, -0.2) is 27.9 Å². The van der Waals surface area contributed by atoms with Crippen LogP contribution in [0.1, 0.15) is 40.3 Å². The van der Waals surface area contributed by atoms with Crippen LogP contribution < -0.4 is 0 Å². The molecule has 0 aliphatic heterocycles. The Balaban J connectivity index is 2.13. The molecule has 3 rings (SSSR count). The van der Waals surface area contributed by atoms with Crippen LogP contribution in [0.15, 0.2) is 0 Å². The summed E-state index contributed by atoms with van der Waals surface area (Å²) in [5.74, 6) is -23.6. The van der Waals surface area contributed by atoms with Crippen LogP contribution in [0.5, 0.6) is 0 Å². The monoisotopic (exact) mass is 804 g/mol. The number of benzene rings is 3. The molecule has 0 heterocycles. The fourth-order valence-corrected chi connectivity index (χ4v) is 8.74. The van der Waals surface area contributed by atoms with Gasteiger partial charge in [-0.3, -0.25) is 0 Å². The van der Waals surface area contributed by atoms with E-state index >= 15 is 0 Å². The van der Waals surface area contributed by atoms with Crippen LogP contribution in [0.4, 0.5) is 52.7 Å². The van der Waals surface area contributed by atoms with Crippen molar-refractivity contribution in [1.29, 1.82) is 0 Å². The summed E-state index contributed by atoms with van der Waals surface area (Å²) in [7, 11) is 2.90. The van der Waals surface area contributed by atoms with E-state index in [1.54, 1.807) is 0 Å². The molecule has 0 bridgehead atoms. The molecule has 3 aromatic rings. The molecule has 0 unspecified atom stereocenters. The number of methoxy groups -OCH3 is 3. The predicted molar refractivity (Wildman–Crippen MR) is 137 cm³/mol. The summed E-state index contributed by atoms with van der Waals surface area (Å²) in [6.45, 7) is -6.83. The third-order valence-electron chi connectivity index (χ3n) is 6.70. The first-order valence-corrected chi connectivity index (χ1v) is 17.7. The van der Waals surface area contributed by atoms with Gasteiger partial charge in [0.1, 0.15) is 0 Å². The van der Waals surface area contributed by atoms with Gasteiger partial charge in [0.15, 0.2) is 0 Å². The molecule has 49 heavy (non-hydrogen) atoms. The molecular weight excluding hydrogens is 780 g/mol. The number of hydrogen-bond donors (Lipinski definition) is 0. The molecule has 0 radical (unpaired) electrons. The van der Waals surface area contributed by atoms with Crippen LogP contribution in [0.2, 0.25) is 0 Å². The SMILES string of the molecule is CC[O][Zr]([O]Cc1c(F)c(F)c(COC)c(F)c1F)([O]Cc1c(F)c(F)c(COC)c(F)c1F)[O]Cc1c(F)c(F)c(COC)c(F)c1F. The van der Waals surface area contributed by atoms with Gasteiger partial charge in [-0.1, -0.05) is 0 Å². The van der Waals surface area contributed by atoms with Gasteiger partial charge < -0.3 is 0 Å². The van der Waals surface area contributed by atoms with E-state index in [4.69, 9.17) is 11.3 Å². The zero-order valence-corrected chi connectivity index (χ0v) is 28.3. The Kier molecular flexibility index (Phi) is 14.6. The molecule has 0 aromatic heterocycles. The second kappa shape index (κ2) is 17.6. The molecule has 0 saturated carbocycles. The Bertz CT molecular complexity index is 1400. The van der Waals surface area contributed by atoms with Gasteiger partial charge in [0.05, 0.1) is 0 Å². The van der Waals surface area contributed by atoms with Crippen molar-refractivity contribution in [1.82, 2.24) is 0 Å². The summed E-state index contributed by atoms with van der Waals surface area (Å²) >= 11 is -6.50. The van der Waals surface area contributed by atoms with Crippen LogP contribution in [0.25, 0.3) is 0 Å². The standard InChI is InChI=1S/3C9H7F4O2.C2H5O.Zr/c3*1-15-3-5-8(12)6(10)4(2-14)7(11)9(5)13;1-2-3;/h3*2-3H2,1H3;2H2,1H3;/q4*-1;+4. The second-order valence-corrected chi connectivity index (χ2v) is 15.0. The number of ether oxygens (including phenoxy) is 3. The quantitative estimate of drug-likeness (QED) is 0.103. The van der Waals surface area contributed by atoms with E-state index in [-0.39, 0.29) is 0 Å². The normalized spacial score (nSPS) is 12.0. The van der Waals surface area contributed by atoms with E-state index in [9.17, 15) is 52.7 Å². The predicted octanol–water partition coefficient (Wildman–Crippen LogP) is 7.60. The Morgan fingerprint density at radius 1 is 0.327 bits per heavy atom. The Labute approximate surface area is 277 Å². The van der Waals surface area contributed by atoms with E-state index < -0.39 is 171 Å². The van der Waals surface area contributed by atoms with E-state index in [1.165, 1.54) is 6.92 Å². The zero-order valence-electron chi connectivity index (χ0n) is 25.8. The first kappa shape index (κ1) is 40.8. The fourth-order valence-electron chi connectivity index (χ4n) is 4.27. The van der Waals surface area contributed by atoms with Gasteiger partial charge in [-0.05, 0) is 0 Å². The van der Waals surface area contributed by atoms with E-state index in [2.05, 4.69) is 14.2 Å². The Morgan fingerprint density at radius 3 is 0.673 bits per heavy atom. The van der Waals surface area contributed by atoms with Crippen molar-refractivity contribution in [3.63, 3.8) is 0 Å². The molecule has 0 aliphatic carbocycles. The number of hydrogen-bond acceptors (Lipinski definition) is 7. The van der Waals surface area contributed by atoms with Crippen LogP contribution in [0, 0.1) is 69.8 Å². The van der Waals surface area contributed by atoms with Crippen LogP contribution in [0.3, 0.4) is 0 Å². The first-order valence-electron chi connectivity index (χ1n) is 13.7. The topological polar surface area (TPSA) is 64.6 Å². The number of rotatable bonds is 17. The minimum atomic E-state index is -6.50. The summed E-state index contributed by atoms with van der Waals surface area (Å²) in [5.41, 5.74) is -7.90. The Hall–Kier alpha value is -2.58. The summed E-state index contributed by atoms with van der Waals surface area (Å²) < 4.78 is 211. The van der Waals surface area contributed by atoms with Crippen molar-refractivity contribution in [3.05, 3.63) is 103 Å². The third kappa shape index (κ3) is 8.49. The average Bonchev–Trinajstić information content (AvgIpc) is 3.07. The molecule has 0 amide bonds. The third-order valence-corrected chi connectivity index (χ3v) is 12.0. The zero-order chi connectivity index (χ0) is 36.8. The second-order valence-electron chi connectivity index (χ2n) is 9.74. The first-order chi connectivity index (χ1) is 23.1. The number of halogens is 12. The Morgan fingerprint density at radius 2 is 0.510 bits per heavy atom. The van der Waals surface area contributed by atoms with E-state index in [0.29, 0.717) is 0 Å². The van der Waals surface area contributed by atoms with Gasteiger partial charge in [-0.25, -0.2) is 0 Å². The van der Waals surface area contributed by atoms with Crippen molar-refractivity contribution < 1.29 is 100 Å².